The summed E-state index contributed by atoms with van der Waals surface area (Å²) in [5, 5.41) is 6.51. The molecule has 2 rings (SSSR count). The summed E-state index contributed by atoms with van der Waals surface area (Å²) in [6.07, 6.45) is 2.30. The van der Waals surface area contributed by atoms with Crippen molar-refractivity contribution in [3.8, 4) is 0 Å². The van der Waals surface area contributed by atoms with E-state index in [9.17, 15) is 9.59 Å². The third-order valence-corrected chi connectivity index (χ3v) is 4.37. The van der Waals surface area contributed by atoms with Crippen LogP contribution in [0.2, 0.25) is 0 Å². The molecule has 0 aromatic carbocycles. The molecule has 3 unspecified atom stereocenters. The van der Waals surface area contributed by atoms with E-state index in [2.05, 4.69) is 22.5 Å². The van der Waals surface area contributed by atoms with Crippen molar-refractivity contribution in [1.82, 2.24) is 20.4 Å². The van der Waals surface area contributed by atoms with Crippen LogP contribution in [0.15, 0.2) is 0 Å². The van der Waals surface area contributed by atoms with Gasteiger partial charge >= 0.3 is 0 Å². The van der Waals surface area contributed by atoms with E-state index in [1.165, 1.54) is 0 Å². The molecule has 2 N–H and O–H groups in total. The zero-order valence-corrected chi connectivity index (χ0v) is 15.8. The highest BCUT2D eigenvalue weighted by Gasteiger charge is 2.35. The van der Waals surface area contributed by atoms with E-state index >= 15 is 0 Å². The van der Waals surface area contributed by atoms with E-state index in [4.69, 9.17) is 0 Å². The van der Waals surface area contributed by atoms with Gasteiger partial charge in [0.15, 0.2) is 0 Å². The summed E-state index contributed by atoms with van der Waals surface area (Å²) >= 11 is 0. The lowest BCUT2D eigenvalue weighted by Gasteiger charge is -2.29. The summed E-state index contributed by atoms with van der Waals surface area (Å²) in [5.74, 6) is -0.0182. The Morgan fingerprint density at radius 2 is 2.09 bits per heavy atom. The quantitative estimate of drug-likeness (QED) is 0.741. The molecule has 6 nitrogen and oxygen atoms in total. The maximum absolute atomic E-state index is 12.3. The first-order valence-electron chi connectivity index (χ1n) is 7.92. The highest BCUT2D eigenvalue weighted by molar-refractivity contribution is 5.89. The molecule has 2 amide bonds. The van der Waals surface area contributed by atoms with Gasteiger partial charge in [-0.15, -0.1) is 24.8 Å². The molecular formula is C15H30Cl2N4O2. The second kappa shape index (κ2) is 10.3. The molecule has 8 heteroatoms. The molecule has 0 radical (unpaired) electrons. The van der Waals surface area contributed by atoms with Crippen molar-refractivity contribution < 1.29 is 9.59 Å². The van der Waals surface area contributed by atoms with Gasteiger partial charge in [0.05, 0.1) is 5.92 Å². The molecule has 2 aliphatic heterocycles. The lowest BCUT2D eigenvalue weighted by molar-refractivity contribution is -0.129. The van der Waals surface area contributed by atoms with E-state index in [0.717, 1.165) is 25.9 Å². The zero-order valence-electron chi connectivity index (χ0n) is 14.2. The Hall–Kier alpha value is -0.560. The monoisotopic (exact) mass is 368 g/mol. The fourth-order valence-electron chi connectivity index (χ4n) is 3.07. The first-order chi connectivity index (χ1) is 9.95. The van der Waals surface area contributed by atoms with Crippen molar-refractivity contribution in [2.75, 3.05) is 40.3 Å². The van der Waals surface area contributed by atoms with E-state index in [1.807, 2.05) is 19.0 Å². The number of nitrogens with zero attached hydrogens (tertiary/aromatic N) is 2. The van der Waals surface area contributed by atoms with Crippen molar-refractivity contribution >= 4 is 36.6 Å². The fourth-order valence-corrected chi connectivity index (χ4v) is 3.07. The Morgan fingerprint density at radius 1 is 1.39 bits per heavy atom. The lowest BCUT2D eigenvalue weighted by atomic mass is 9.99. The molecule has 0 bridgehead atoms. The highest BCUT2D eigenvalue weighted by Crippen LogP contribution is 2.19. The van der Waals surface area contributed by atoms with Crippen LogP contribution in [-0.2, 0) is 9.59 Å². The number of likely N-dealkylation sites (tertiary alicyclic amines) is 1. The van der Waals surface area contributed by atoms with Crippen molar-refractivity contribution in [2.24, 2.45) is 5.92 Å². The summed E-state index contributed by atoms with van der Waals surface area (Å²) in [6, 6.07) is 0.700. The fraction of sp³-hybridized carbons (Fsp3) is 0.867. The molecule has 0 aliphatic carbocycles. The van der Waals surface area contributed by atoms with Crippen LogP contribution in [0.25, 0.3) is 0 Å². The Bertz CT molecular complexity index is 396. The van der Waals surface area contributed by atoms with Crippen molar-refractivity contribution in [1.29, 1.82) is 0 Å². The zero-order chi connectivity index (χ0) is 15.4. The van der Waals surface area contributed by atoms with Crippen LogP contribution in [0.4, 0.5) is 0 Å². The highest BCUT2D eigenvalue weighted by atomic mass is 35.5. The van der Waals surface area contributed by atoms with Crippen LogP contribution in [0.3, 0.4) is 0 Å². The second-order valence-corrected chi connectivity index (χ2v) is 6.63. The van der Waals surface area contributed by atoms with Crippen LogP contribution in [-0.4, -0.2) is 74.0 Å². The topological polar surface area (TPSA) is 64.7 Å². The number of carbonyl (C=O) groups excluding carboxylic acids is 2. The third kappa shape index (κ3) is 6.83. The average Bonchev–Trinajstić information content (AvgIpc) is 2.78. The van der Waals surface area contributed by atoms with E-state index < -0.39 is 0 Å². The molecule has 136 valence electrons. The van der Waals surface area contributed by atoms with E-state index in [-0.39, 0.29) is 48.6 Å². The van der Waals surface area contributed by atoms with Crippen molar-refractivity contribution in [3.63, 3.8) is 0 Å². The van der Waals surface area contributed by atoms with Gasteiger partial charge in [-0.3, -0.25) is 9.59 Å². The minimum Gasteiger partial charge on any atom is -0.353 e. The number of nitrogens with one attached hydrogen (secondary N) is 2. The van der Waals surface area contributed by atoms with Crippen LogP contribution in [0, 0.1) is 5.92 Å². The maximum atomic E-state index is 12.3. The van der Waals surface area contributed by atoms with Crippen LogP contribution in [0.5, 0.6) is 0 Å². The number of rotatable bonds is 5. The average molecular weight is 369 g/mol. The predicted molar refractivity (Wildman–Crippen MR) is 96.4 cm³/mol. The van der Waals surface area contributed by atoms with Crippen LogP contribution >= 0.6 is 24.8 Å². The summed E-state index contributed by atoms with van der Waals surface area (Å²) in [7, 11) is 3.98. The van der Waals surface area contributed by atoms with Crippen LogP contribution in [0.1, 0.15) is 26.2 Å². The largest absolute Gasteiger partial charge is 0.353 e. The van der Waals surface area contributed by atoms with Gasteiger partial charge in [0.2, 0.25) is 11.8 Å². The van der Waals surface area contributed by atoms with Gasteiger partial charge in [0.1, 0.15) is 0 Å². The number of hydrogen-bond donors (Lipinski definition) is 2. The summed E-state index contributed by atoms with van der Waals surface area (Å²) in [6.45, 7) is 5.20. The molecule has 0 aromatic rings. The van der Waals surface area contributed by atoms with Gasteiger partial charge in [-0.25, -0.2) is 0 Å². The van der Waals surface area contributed by atoms with Crippen molar-refractivity contribution in [2.45, 2.75) is 38.3 Å². The molecule has 0 aromatic heterocycles. The first kappa shape index (κ1) is 22.4. The third-order valence-electron chi connectivity index (χ3n) is 4.37. The smallest absolute Gasteiger partial charge is 0.225 e. The minimum absolute atomic E-state index is 0. The molecule has 23 heavy (non-hydrogen) atoms. The van der Waals surface area contributed by atoms with Gasteiger partial charge in [-0.1, -0.05) is 0 Å². The Kier molecular flexibility index (Phi) is 10.1. The van der Waals surface area contributed by atoms with Gasteiger partial charge in [-0.2, -0.15) is 0 Å². The number of likely N-dealkylation sites (N-methyl/N-ethyl adjacent to an activating group) is 1. The standard InChI is InChI=1S/C15H28N4O2.2ClH/c1-11-8-13(4-5-16-11)17-15(21)12-9-14(20)19(10-12)7-6-18(2)3;;/h11-13,16H,4-10H2,1-3H3,(H,17,21);2*1H. The van der Waals surface area contributed by atoms with Gasteiger partial charge in [-0.05, 0) is 40.4 Å². The summed E-state index contributed by atoms with van der Waals surface area (Å²) in [4.78, 5) is 28.2. The molecule has 2 aliphatic rings. The normalized spacial score (nSPS) is 27.4. The van der Waals surface area contributed by atoms with Gasteiger partial charge < -0.3 is 20.4 Å². The molecular weight excluding hydrogens is 339 g/mol. The molecule has 0 spiro atoms. The molecule has 3 atom stereocenters. The first-order valence-corrected chi connectivity index (χ1v) is 7.92. The molecule has 0 saturated carbocycles. The Balaban J connectivity index is 0.00000242. The number of piperidine rings is 1. The number of hydrogen-bond acceptors (Lipinski definition) is 4. The number of halogens is 2. The summed E-state index contributed by atoms with van der Waals surface area (Å²) < 4.78 is 0. The molecule has 2 fully saturated rings. The summed E-state index contributed by atoms with van der Waals surface area (Å²) in [5.41, 5.74) is 0. The van der Waals surface area contributed by atoms with Gasteiger partial charge in [0, 0.05) is 38.1 Å². The van der Waals surface area contributed by atoms with Gasteiger partial charge in [0.25, 0.3) is 0 Å². The number of carbonyl (C=O) groups is 2. The predicted octanol–water partition coefficient (Wildman–Crippen LogP) is 0.497. The molecule has 2 heterocycles. The Labute approximate surface area is 151 Å². The minimum atomic E-state index is -0.176. The lowest BCUT2D eigenvalue weighted by Crippen LogP contribution is -2.48. The Morgan fingerprint density at radius 3 is 2.70 bits per heavy atom. The van der Waals surface area contributed by atoms with E-state index in [1.54, 1.807) is 0 Å². The SMILES string of the molecule is CC1CC(NC(=O)C2CC(=O)N(CCN(C)C)C2)CCN1.Cl.Cl. The second-order valence-electron chi connectivity index (χ2n) is 6.63. The van der Waals surface area contributed by atoms with E-state index in [0.29, 0.717) is 25.6 Å². The molecule has 2 saturated heterocycles. The van der Waals surface area contributed by atoms with Crippen LogP contribution < -0.4 is 10.6 Å². The maximum Gasteiger partial charge on any atom is 0.225 e. The number of amides is 2. The van der Waals surface area contributed by atoms with Crippen molar-refractivity contribution in [3.05, 3.63) is 0 Å².